The Labute approximate surface area is 128 Å². The minimum absolute atomic E-state index is 0.378. The molecule has 1 aromatic rings. The van der Waals surface area contributed by atoms with Crippen molar-refractivity contribution in [1.29, 1.82) is 0 Å². The monoisotopic (exact) mass is 310 g/mol. The van der Waals surface area contributed by atoms with Crippen molar-refractivity contribution >= 4 is 10.0 Å². The van der Waals surface area contributed by atoms with Crippen molar-refractivity contribution < 1.29 is 8.42 Å². The van der Waals surface area contributed by atoms with Gasteiger partial charge in [0.25, 0.3) is 0 Å². The molecule has 1 aliphatic rings. The second kappa shape index (κ2) is 6.90. The maximum absolute atomic E-state index is 12.5. The molecule has 2 rings (SSSR count). The third kappa shape index (κ3) is 4.53. The van der Waals surface area contributed by atoms with E-state index in [1.165, 1.54) is 6.42 Å². The molecule has 0 atom stereocenters. The van der Waals surface area contributed by atoms with E-state index in [4.69, 9.17) is 0 Å². The van der Waals surface area contributed by atoms with Gasteiger partial charge in [0.05, 0.1) is 4.90 Å². The number of sulfonamides is 1. The molecule has 2 N–H and O–H groups in total. The quantitative estimate of drug-likeness (QED) is 0.814. The van der Waals surface area contributed by atoms with Gasteiger partial charge in [-0.15, -0.1) is 0 Å². The first kappa shape index (κ1) is 16.5. The Kier molecular flexibility index (Phi) is 5.41. The molecule has 0 aliphatic heterocycles. The van der Waals surface area contributed by atoms with Gasteiger partial charge in [0.15, 0.2) is 0 Å². The zero-order valence-electron chi connectivity index (χ0n) is 13.1. The standard InChI is InChI=1S/C16H26N2O2S/c1-12(2)17-10-15-8-7-13(3)16(9-15)21(19,20)18-11-14-5-4-6-14/h7-9,12,14,17-18H,4-6,10-11H2,1-3H3. The van der Waals surface area contributed by atoms with Crippen LogP contribution in [0.1, 0.15) is 44.2 Å². The maximum Gasteiger partial charge on any atom is 0.240 e. The smallest absolute Gasteiger partial charge is 0.240 e. The van der Waals surface area contributed by atoms with E-state index in [1.807, 2.05) is 19.1 Å². The molecule has 118 valence electrons. The largest absolute Gasteiger partial charge is 0.310 e. The van der Waals surface area contributed by atoms with Gasteiger partial charge >= 0.3 is 0 Å². The van der Waals surface area contributed by atoms with E-state index in [1.54, 1.807) is 6.07 Å². The molecular weight excluding hydrogens is 284 g/mol. The van der Waals surface area contributed by atoms with Gasteiger partial charge in [0, 0.05) is 19.1 Å². The fourth-order valence-corrected chi connectivity index (χ4v) is 3.78. The number of rotatable bonds is 7. The van der Waals surface area contributed by atoms with Crippen molar-refractivity contribution in [3.8, 4) is 0 Å². The molecule has 0 bridgehead atoms. The summed E-state index contributed by atoms with van der Waals surface area (Å²) in [4.78, 5) is 0.407. The Hall–Kier alpha value is -0.910. The summed E-state index contributed by atoms with van der Waals surface area (Å²) in [5.74, 6) is 0.519. The van der Waals surface area contributed by atoms with Crippen molar-refractivity contribution in [2.24, 2.45) is 5.92 Å². The normalized spacial score (nSPS) is 16.2. The Bertz CT molecular complexity index is 578. The van der Waals surface area contributed by atoms with Gasteiger partial charge in [-0.25, -0.2) is 13.1 Å². The first-order valence-electron chi connectivity index (χ1n) is 7.71. The summed E-state index contributed by atoms with van der Waals surface area (Å²) in [5.41, 5.74) is 1.79. The predicted molar refractivity (Wildman–Crippen MR) is 85.7 cm³/mol. The highest BCUT2D eigenvalue weighted by molar-refractivity contribution is 7.89. The number of nitrogens with one attached hydrogen (secondary N) is 2. The van der Waals surface area contributed by atoms with E-state index in [-0.39, 0.29) is 0 Å². The summed E-state index contributed by atoms with van der Waals surface area (Å²) in [6.07, 6.45) is 3.50. The van der Waals surface area contributed by atoms with Crippen LogP contribution < -0.4 is 10.0 Å². The highest BCUT2D eigenvalue weighted by Gasteiger charge is 2.22. The van der Waals surface area contributed by atoms with Crippen LogP contribution >= 0.6 is 0 Å². The van der Waals surface area contributed by atoms with Crippen LogP contribution in [0.25, 0.3) is 0 Å². The molecule has 4 nitrogen and oxygen atoms in total. The fraction of sp³-hybridized carbons (Fsp3) is 0.625. The number of benzene rings is 1. The van der Waals surface area contributed by atoms with Gasteiger partial charge in [-0.2, -0.15) is 0 Å². The third-order valence-corrected chi connectivity index (χ3v) is 5.61. The molecule has 5 heteroatoms. The van der Waals surface area contributed by atoms with Crippen LogP contribution in [0.5, 0.6) is 0 Å². The molecular formula is C16H26N2O2S. The minimum atomic E-state index is -3.40. The van der Waals surface area contributed by atoms with Crippen LogP contribution in [0.2, 0.25) is 0 Å². The van der Waals surface area contributed by atoms with Crippen LogP contribution in [-0.2, 0) is 16.6 Å². The summed E-state index contributed by atoms with van der Waals surface area (Å²) < 4.78 is 27.7. The average molecular weight is 310 g/mol. The number of hydrogen-bond acceptors (Lipinski definition) is 3. The van der Waals surface area contributed by atoms with Gasteiger partial charge in [-0.3, -0.25) is 0 Å². The second-order valence-corrected chi connectivity index (χ2v) is 8.02. The van der Waals surface area contributed by atoms with Crippen molar-refractivity contribution in [3.05, 3.63) is 29.3 Å². The van der Waals surface area contributed by atoms with Gasteiger partial charge in [-0.05, 0) is 42.9 Å². The van der Waals surface area contributed by atoms with Crippen molar-refractivity contribution in [2.75, 3.05) is 6.54 Å². The molecule has 0 aromatic heterocycles. The molecule has 0 amide bonds. The van der Waals surface area contributed by atoms with Crippen LogP contribution in [-0.4, -0.2) is 21.0 Å². The van der Waals surface area contributed by atoms with E-state index >= 15 is 0 Å². The lowest BCUT2D eigenvalue weighted by molar-refractivity contribution is 0.316. The van der Waals surface area contributed by atoms with Gasteiger partial charge in [0.2, 0.25) is 10.0 Å². The van der Waals surface area contributed by atoms with E-state index in [0.717, 1.165) is 24.0 Å². The van der Waals surface area contributed by atoms with E-state index in [2.05, 4.69) is 23.9 Å². The lowest BCUT2D eigenvalue weighted by Crippen LogP contribution is -2.32. The molecule has 21 heavy (non-hydrogen) atoms. The molecule has 0 unspecified atom stereocenters. The Morgan fingerprint density at radius 2 is 2.00 bits per heavy atom. The molecule has 1 aromatic carbocycles. The van der Waals surface area contributed by atoms with Crippen molar-refractivity contribution in [3.63, 3.8) is 0 Å². The van der Waals surface area contributed by atoms with E-state index < -0.39 is 10.0 Å². The maximum atomic E-state index is 12.5. The summed E-state index contributed by atoms with van der Waals surface area (Å²) in [6, 6.07) is 6.03. The SMILES string of the molecule is Cc1ccc(CNC(C)C)cc1S(=O)(=O)NCC1CCC1. The summed E-state index contributed by atoms with van der Waals surface area (Å²) >= 11 is 0. The Morgan fingerprint density at radius 3 is 2.57 bits per heavy atom. The molecule has 0 saturated heterocycles. The highest BCUT2D eigenvalue weighted by atomic mass is 32.2. The average Bonchev–Trinajstić information content (AvgIpc) is 2.35. The molecule has 0 spiro atoms. The topological polar surface area (TPSA) is 58.2 Å². The zero-order valence-corrected chi connectivity index (χ0v) is 14.0. The molecule has 0 heterocycles. The van der Waals surface area contributed by atoms with Gasteiger partial charge in [-0.1, -0.05) is 32.4 Å². The van der Waals surface area contributed by atoms with Crippen LogP contribution in [0, 0.1) is 12.8 Å². The van der Waals surface area contributed by atoms with Crippen LogP contribution in [0.15, 0.2) is 23.1 Å². The highest BCUT2D eigenvalue weighted by Crippen LogP contribution is 2.26. The van der Waals surface area contributed by atoms with Gasteiger partial charge < -0.3 is 5.32 Å². The third-order valence-electron chi connectivity index (χ3n) is 4.04. The van der Waals surface area contributed by atoms with Crippen molar-refractivity contribution in [2.45, 2.75) is 57.5 Å². The fourth-order valence-electron chi connectivity index (χ4n) is 2.37. The van der Waals surface area contributed by atoms with Crippen molar-refractivity contribution in [1.82, 2.24) is 10.0 Å². The summed E-state index contributed by atoms with van der Waals surface area (Å²) in [7, 11) is -3.40. The summed E-state index contributed by atoms with van der Waals surface area (Å²) in [5, 5.41) is 3.31. The number of aryl methyl sites for hydroxylation is 1. The Morgan fingerprint density at radius 1 is 1.29 bits per heavy atom. The molecule has 1 saturated carbocycles. The molecule has 1 aliphatic carbocycles. The zero-order chi connectivity index (χ0) is 15.5. The van der Waals surface area contributed by atoms with Gasteiger partial charge in [0.1, 0.15) is 0 Å². The minimum Gasteiger partial charge on any atom is -0.310 e. The first-order chi connectivity index (χ1) is 9.88. The molecule has 1 fully saturated rings. The first-order valence-corrected chi connectivity index (χ1v) is 9.19. The lowest BCUT2D eigenvalue weighted by atomic mass is 9.86. The second-order valence-electron chi connectivity index (χ2n) is 6.28. The Balaban J connectivity index is 2.10. The van der Waals surface area contributed by atoms with E-state index in [9.17, 15) is 8.42 Å². The summed E-state index contributed by atoms with van der Waals surface area (Å²) in [6.45, 7) is 7.24. The number of hydrogen-bond donors (Lipinski definition) is 2. The lowest BCUT2D eigenvalue weighted by Gasteiger charge is -2.25. The molecule has 0 radical (unpaired) electrons. The predicted octanol–water partition coefficient (Wildman–Crippen LogP) is 2.57. The van der Waals surface area contributed by atoms with Crippen LogP contribution in [0.4, 0.5) is 0 Å². The van der Waals surface area contributed by atoms with E-state index in [0.29, 0.717) is 29.9 Å². The van der Waals surface area contributed by atoms with Crippen LogP contribution in [0.3, 0.4) is 0 Å².